The van der Waals surface area contributed by atoms with Crippen LogP contribution in [0.3, 0.4) is 0 Å². The van der Waals surface area contributed by atoms with Crippen molar-refractivity contribution in [3.63, 3.8) is 0 Å². The Labute approximate surface area is 436 Å². The number of nitrogens with zero attached hydrogens (tertiary/aromatic N) is 2. The fraction of sp³-hybridized carbons (Fsp3) is 0.362. The van der Waals surface area contributed by atoms with Gasteiger partial charge in [-0.15, -0.1) is 0 Å². The maximum absolute atomic E-state index is 7.67. The molecule has 0 atom stereocenters. The van der Waals surface area contributed by atoms with Gasteiger partial charge in [-0.3, -0.25) is 4.90 Å². The molecule has 0 spiro atoms. The number of hydrogen-bond donors (Lipinski definition) is 0. The van der Waals surface area contributed by atoms with Gasteiger partial charge in [-0.05, 0) is 211 Å². The second-order valence-electron chi connectivity index (χ2n) is 27.0. The Morgan fingerprint density at radius 2 is 0.849 bits per heavy atom. The Morgan fingerprint density at radius 3 is 1.40 bits per heavy atom. The molecule has 13 rings (SSSR count). The lowest BCUT2D eigenvalue weighted by molar-refractivity contribution is 0.332. The Kier molecular flexibility index (Phi) is 9.82. The first-order chi connectivity index (χ1) is 34.5. The zero-order chi connectivity index (χ0) is 50.9. The number of rotatable bonds is 4. The summed E-state index contributed by atoms with van der Waals surface area (Å²) in [5.74, 6) is 0.962. The molecule has 0 saturated heterocycles. The number of anilines is 6. The number of benzene rings is 7. The molecule has 3 heterocycles. The monoisotopic (exact) mass is 957 g/mol. The van der Waals surface area contributed by atoms with Crippen molar-refractivity contribution >= 4 is 68.4 Å². The van der Waals surface area contributed by atoms with Crippen LogP contribution in [0.15, 0.2) is 138 Å². The molecule has 3 nitrogen and oxygen atoms in total. The first-order valence-corrected chi connectivity index (χ1v) is 27.5. The topological polar surface area (TPSA) is 19.6 Å². The van der Waals surface area contributed by atoms with E-state index in [0.29, 0.717) is 0 Å². The first kappa shape index (κ1) is 46.5. The largest absolute Gasteiger partial charge is 0.440 e. The fourth-order valence-corrected chi connectivity index (χ4v) is 14.4. The molecule has 0 fully saturated rings. The zero-order valence-electron chi connectivity index (χ0n) is 45.8. The van der Waals surface area contributed by atoms with E-state index >= 15 is 0 Å². The van der Waals surface area contributed by atoms with Crippen molar-refractivity contribution in [1.82, 2.24) is 0 Å². The highest BCUT2D eigenvalue weighted by Crippen LogP contribution is 2.55. The minimum Gasteiger partial charge on any atom is -0.440 e. The van der Waals surface area contributed by atoms with Crippen molar-refractivity contribution < 1.29 is 4.42 Å². The van der Waals surface area contributed by atoms with E-state index < -0.39 is 0 Å². The summed E-state index contributed by atoms with van der Waals surface area (Å²) in [5.41, 5.74) is 26.1. The van der Waals surface area contributed by atoms with E-state index in [1.165, 1.54) is 118 Å². The summed E-state index contributed by atoms with van der Waals surface area (Å²) in [6, 6.07) is 52.0. The van der Waals surface area contributed by atoms with Gasteiger partial charge in [0.1, 0.15) is 5.58 Å². The fourth-order valence-electron chi connectivity index (χ4n) is 14.4. The van der Waals surface area contributed by atoms with E-state index in [1.807, 2.05) is 0 Å². The van der Waals surface area contributed by atoms with E-state index in [4.69, 9.17) is 4.42 Å². The van der Waals surface area contributed by atoms with Crippen LogP contribution in [0.5, 0.6) is 0 Å². The highest BCUT2D eigenvalue weighted by atomic mass is 16.4. The molecule has 4 heteroatoms. The number of fused-ring (bicyclic) bond motifs is 9. The molecular weight excluding hydrogens is 884 g/mol. The van der Waals surface area contributed by atoms with Crippen LogP contribution < -0.4 is 26.2 Å². The van der Waals surface area contributed by atoms with Gasteiger partial charge in [0, 0.05) is 39.3 Å². The SMILES string of the molecule is Cc1cc2c3c(c1)N(c1ccc4c(c1)C(C)(C)CCC4(C)C)c1oc4cc5c(cc4c1B3c1cc3c(cc1N2c1cc(-c2ccccc2)cc(-c2ccccc2)c1)C(C)(C)CCC3(C)C)C(C)(C)CCC5(C)C. The maximum atomic E-state index is 7.67. The van der Waals surface area contributed by atoms with Crippen molar-refractivity contribution in [1.29, 1.82) is 0 Å². The highest BCUT2D eigenvalue weighted by molar-refractivity contribution is 7.01. The first-order valence-electron chi connectivity index (χ1n) is 27.5. The van der Waals surface area contributed by atoms with E-state index in [0.717, 1.165) is 43.6 Å². The van der Waals surface area contributed by atoms with Crippen LogP contribution >= 0.6 is 0 Å². The smallest absolute Gasteiger partial charge is 0.257 e. The zero-order valence-corrected chi connectivity index (χ0v) is 45.8. The predicted molar refractivity (Wildman–Crippen MR) is 312 cm³/mol. The second kappa shape index (κ2) is 15.4. The lowest BCUT2D eigenvalue weighted by Gasteiger charge is -2.47. The van der Waals surface area contributed by atoms with Crippen molar-refractivity contribution in [3.8, 4) is 22.3 Å². The van der Waals surface area contributed by atoms with Crippen LogP contribution in [0, 0.1) is 6.92 Å². The molecule has 0 unspecified atom stereocenters. The van der Waals surface area contributed by atoms with Gasteiger partial charge in [-0.2, -0.15) is 0 Å². The van der Waals surface area contributed by atoms with Gasteiger partial charge in [0.2, 0.25) is 5.88 Å². The number of furan rings is 1. The van der Waals surface area contributed by atoms with E-state index in [2.05, 4.69) is 233 Å². The molecule has 0 amide bonds. The van der Waals surface area contributed by atoms with Crippen LogP contribution in [-0.2, 0) is 32.5 Å². The Morgan fingerprint density at radius 1 is 0.384 bits per heavy atom. The quantitative estimate of drug-likeness (QED) is 0.164. The standard InChI is InChI=1S/C69H73BN2O/c1-42-32-58-62-59(33-42)72(47-24-25-50-51(37-47)65(4,5)27-26-64(50,2)3)63-61(49-38-52-55(41-60(49)73-63)69(12,13)31-28-66(52,6)7)70(62)56-39-53-54(68(10,11)30-29-67(53,8)9)40-57(56)71(58)48-35-45(43-20-16-14-17-21-43)34-46(36-48)44-22-18-15-19-23-44/h14-25,32-41H,26-31H2,1-13H3. The molecule has 368 valence electrons. The van der Waals surface area contributed by atoms with Gasteiger partial charge in [0.15, 0.2) is 0 Å². The van der Waals surface area contributed by atoms with Gasteiger partial charge < -0.3 is 9.32 Å². The van der Waals surface area contributed by atoms with Gasteiger partial charge in [0.05, 0.1) is 0 Å². The summed E-state index contributed by atoms with van der Waals surface area (Å²) < 4.78 is 7.67. The molecule has 2 aliphatic heterocycles. The van der Waals surface area contributed by atoms with E-state index in [1.54, 1.807) is 0 Å². The lowest BCUT2D eigenvalue weighted by Crippen LogP contribution is -2.61. The van der Waals surface area contributed by atoms with Gasteiger partial charge in [-0.1, -0.05) is 156 Å². The summed E-state index contributed by atoms with van der Waals surface area (Å²) in [5, 5.41) is 1.25. The van der Waals surface area contributed by atoms with Crippen LogP contribution in [0.25, 0.3) is 33.2 Å². The number of hydrogen-bond acceptors (Lipinski definition) is 3. The van der Waals surface area contributed by atoms with Gasteiger partial charge in [-0.25, -0.2) is 0 Å². The van der Waals surface area contributed by atoms with Crippen molar-refractivity contribution in [2.45, 2.75) is 161 Å². The molecule has 8 aromatic rings. The molecule has 3 aliphatic carbocycles. The average Bonchev–Trinajstić information content (AvgIpc) is 3.74. The van der Waals surface area contributed by atoms with Gasteiger partial charge >= 0.3 is 0 Å². The summed E-state index contributed by atoms with van der Waals surface area (Å²) in [7, 11) is 0. The normalized spacial score (nSPS) is 19.8. The molecule has 73 heavy (non-hydrogen) atoms. The van der Waals surface area contributed by atoms with Crippen LogP contribution in [0.2, 0.25) is 0 Å². The molecule has 7 aromatic carbocycles. The van der Waals surface area contributed by atoms with Crippen LogP contribution in [0.1, 0.15) is 161 Å². The summed E-state index contributed by atoms with van der Waals surface area (Å²) >= 11 is 0. The second-order valence-corrected chi connectivity index (χ2v) is 27.0. The minimum atomic E-state index is -0.0767. The number of aryl methyl sites for hydroxylation is 1. The molecule has 0 N–H and O–H groups in total. The Bertz CT molecular complexity index is 3550. The third kappa shape index (κ3) is 6.97. The Balaban J connectivity index is 1.17. The van der Waals surface area contributed by atoms with Gasteiger partial charge in [0.25, 0.3) is 6.71 Å². The van der Waals surface area contributed by atoms with E-state index in [-0.39, 0.29) is 39.2 Å². The summed E-state index contributed by atoms with van der Waals surface area (Å²) in [4.78, 5) is 5.22. The molecule has 0 radical (unpaired) electrons. The van der Waals surface area contributed by atoms with Crippen molar-refractivity contribution in [2.24, 2.45) is 0 Å². The molecule has 0 bridgehead atoms. The van der Waals surface area contributed by atoms with E-state index in [9.17, 15) is 0 Å². The maximum Gasteiger partial charge on any atom is 0.257 e. The average molecular weight is 957 g/mol. The third-order valence-corrected chi connectivity index (χ3v) is 19.3. The lowest BCUT2D eigenvalue weighted by atomic mass is 9.33. The summed E-state index contributed by atoms with van der Waals surface area (Å²) in [6.07, 6.45) is 6.94. The molecule has 0 saturated carbocycles. The minimum absolute atomic E-state index is 0.00772. The van der Waals surface area contributed by atoms with Crippen molar-refractivity contribution in [2.75, 3.05) is 9.80 Å². The highest BCUT2D eigenvalue weighted by Gasteiger charge is 2.50. The molecule has 5 aliphatic rings. The summed E-state index contributed by atoms with van der Waals surface area (Å²) in [6.45, 7) is 31.8. The third-order valence-electron chi connectivity index (χ3n) is 19.3. The van der Waals surface area contributed by atoms with Crippen LogP contribution in [-0.4, -0.2) is 6.71 Å². The van der Waals surface area contributed by atoms with Crippen molar-refractivity contribution in [3.05, 3.63) is 172 Å². The van der Waals surface area contributed by atoms with Crippen LogP contribution in [0.4, 0.5) is 34.3 Å². The molecule has 1 aromatic heterocycles. The Hall–Kier alpha value is -6.26. The molecular formula is C69H73BN2O. The predicted octanol–water partition coefficient (Wildman–Crippen LogP) is 17.2.